The van der Waals surface area contributed by atoms with E-state index in [0.717, 1.165) is 16.7 Å². The molecule has 3 heterocycles. The first-order valence-corrected chi connectivity index (χ1v) is 9.57. The number of aryl methyl sites for hydroxylation is 1. The van der Waals surface area contributed by atoms with E-state index in [1.54, 1.807) is 28.9 Å². The van der Waals surface area contributed by atoms with E-state index in [9.17, 15) is 0 Å². The Kier molecular flexibility index (Phi) is 4.28. The summed E-state index contributed by atoms with van der Waals surface area (Å²) in [7, 11) is 0. The molecule has 148 valence electrons. The van der Waals surface area contributed by atoms with E-state index in [4.69, 9.17) is 5.73 Å². The topological polar surface area (TPSA) is 74.0 Å². The third-order valence-corrected chi connectivity index (χ3v) is 5.11. The predicted octanol–water partition coefficient (Wildman–Crippen LogP) is 4.34. The van der Waals surface area contributed by atoms with E-state index in [-0.39, 0.29) is 11.8 Å². The molecule has 0 unspecified atom stereocenters. The number of hydrogen-bond acceptors (Lipinski definition) is 4. The molecule has 0 aliphatic rings. The highest BCUT2D eigenvalue weighted by Gasteiger charge is 2.18. The van der Waals surface area contributed by atoms with Crippen LogP contribution in [-0.2, 0) is 6.54 Å². The maximum absolute atomic E-state index is 15.7. The van der Waals surface area contributed by atoms with Crippen LogP contribution in [0.2, 0.25) is 0 Å². The summed E-state index contributed by atoms with van der Waals surface area (Å²) in [6.45, 7) is 2.52. The second-order valence-electron chi connectivity index (χ2n) is 7.18. The Labute approximate surface area is 172 Å². The summed E-state index contributed by atoms with van der Waals surface area (Å²) in [5.74, 6) is -0.173. The monoisotopic (exact) mass is 398 g/mol. The molecular formula is C23H19FN6. The number of anilines is 1. The predicted molar refractivity (Wildman–Crippen MR) is 114 cm³/mol. The molecule has 0 spiro atoms. The smallest absolute Gasteiger partial charge is 0.240 e. The van der Waals surface area contributed by atoms with Crippen molar-refractivity contribution in [2.75, 3.05) is 5.73 Å². The lowest BCUT2D eigenvalue weighted by Crippen LogP contribution is -2.00. The van der Waals surface area contributed by atoms with Gasteiger partial charge in [0.25, 0.3) is 0 Å². The van der Waals surface area contributed by atoms with Crippen molar-refractivity contribution >= 4 is 11.6 Å². The Morgan fingerprint density at radius 2 is 1.83 bits per heavy atom. The number of pyridine rings is 1. The maximum Gasteiger partial charge on any atom is 0.240 e. The summed E-state index contributed by atoms with van der Waals surface area (Å²) < 4.78 is 19.1. The molecule has 0 bridgehead atoms. The van der Waals surface area contributed by atoms with Gasteiger partial charge in [0.15, 0.2) is 5.65 Å². The second-order valence-corrected chi connectivity index (χ2v) is 7.18. The lowest BCUT2D eigenvalue weighted by Gasteiger charge is -2.11. The molecule has 0 fully saturated rings. The van der Waals surface area contributed by atoms with Crippen LogP contribution in [-0.4, -0.2) is 24.4 Å². The summed E-state index contributed by atoms with van der Waals surface area (Å²) in [6, 6.07) is 19.1. The third kappa shape index (κ3) is 3.10. The Morgan fingerprint density at radius 3 is 2.67 bits per heavy atom. The molecule has 0 amide bonds. The van der Waals surface area contributed by atoms with Crippen molar-refractivity contribution in [1.29, 1.82) is 0 Å². The number of rotatable bonds is 4. The van der Waals surface area contributed by atoms with Crippen LogP contribution >= 0.6 is 0 Å². The first kappa shape index (κ1) is 18.1. The summed E-state index contributed by atoms with van der Waals surface area (Å²) in [5, 5.41) is 8.64. The summed E-state index contributed by atoms with van der Waals surface area (Å²) in [5.41, 5.74) is 10.6. The van der Waals surface area contributed by atoms with E-state index >= 15 is 4.39 Å². The van der Waals surface area contributed by atoms with E-state index < -0.39 is 0 Å². The molecule has 0 saturated heterocycles. The van der Waals surface area contributed by atoms with Gasteiger partial charge in [-0.2, -0.15) is 10.1 Å². The molecule has 0 saturated carbocycles. The van der Waals surface area contributed by atoms with Crippen LogP contribution in [0.3, 0.4) is 0 Å². The highest BCUT2D eigenvalue weighted by molar-refractivity contribution is 5.75. The van der Waals surface area contributed by atoms with Crippen molar-refractivity contribution in [1.82, 2.24) is 24.4 Å². The van der Waals surface area contributed by atoms with Crippen molar-refractivity contribution in [3.63, 3.8) is 0 Å². The van der Waals surface area contributed by atoms with Crippen molar-refractivity contribution in [3.8, 4) is 22.4 Å². The van der Waals surface area contributed by atoms with Crippen molar-refractivity contribution in [2.45, 2.75) is 13.5 Å². The van der Waals surface area contributed by atoms with Crippen LogP contribution in [0.4, 0.5) is 10.3 Å². The van der Waals surface area contributed by atoms with Gasteiger partial charge in [-0.25, -0.2) is 8.91 Å². The van der Waals surface area contributed by atoms with Crippen LogP contribution in [0.1, 0.15) is 11.1 Å². The second kappa shape index (κ2) is 7.11. The molecule has 0 radical (unpaired) electrons. The fourth-order valence-electron chi connectivity index (χ4n) is 3.70. The molecule has 5 rings (SSSR count). The number of nitrogen functional groups attached to an aromatic ring is 1. The zero-order chi connectivity index (χ0) is 20.7. The highest BCUT2D eigenvalue weighted by Crippen LogP contribution is 2.33. The standard InChI is InChI=1S/C23H19FN6/c1-15-10-11-18(19-8-5-9-20-27-23(25)28-30(19)20)22(24)21(15)17-12-26-29(14-17)13-16-6-3-2-4-7-16/h2-12,14H,13H2,1H3,(H2,25,28). The molecule has 0 aliphatic carbocycles. The van der Waals surface area contributed by atoms with E-state index in [1.165, 1.54) is 0 Å². The van der Waals surface area contributed by atoms with E-state index in [2.05, 4.69) is 15.2 Å². The van der Waals surface area contributed by atoms with Crippen LogP contribution in [0.5, 0.6) is 0 Å². The molecule has 5 aromatic rings. The lowest BCUT2D eigenvalue weighted by atomic mass is 9.97. The number of nitrogens with zero attached hydrogens (tertiary/aromatic N) is 5. The van der Waals surface area contributed by atoms with Gasteiger partial charge in [-0.1, -0.05) is 42.5 Å². The Hall–Kier alpha value is -4.00. The number of nitrogens with two attached hydrogens (primary N) is 1. The molecule has 0 aliphatic heterocycles. The van der Waals surface area contributed by atoms with Crippen molar-refractivity contribution < 1.29 is 4.39 Å². The van der Waals surface area contributed by atoms with Gasteiger partial charge >= 0.3 is 0 Å². The first-order chi connectivity index (χ1) is 14.6. The minimum atomic E-state index is -0.323. The van der Waals surface area contributed by atoms with Crippen molar-refractivity contribution in [2.24, 2.45) is 0 Å². The molecule has 2 aromatic carbocycles. The molecule has 30 heavy (non-hydrogen) atoms. The first-order valence-electron chi connectivity index (χ1n) is 9.57. The minimum Gasteiger partial charge on any atom is -0.366 e. The zero-order valence-corrected chi connectivity index (χ0v) is 16.3. The Morgan fingerprint density at radius 1 is 1.00 bits per heavy atom. The fourth-order valence-corrected chi connectivity index (χ4v) is 3.70. The zero-order valence-electron chi connectivity index (χ0n) is 16.3. The van der Waals surface area contributed by atoms with Crippen LogP contribution in [0.25, 0.3) is 28.0 Å². The summed E-state index contributed by atoms with van der Waals surface area (Å²) >= 11 is 0. The molecule has 7 heteroatoms. The van der Waals surface area contributed by atoms with Gasteiger partial charge in [-0.05, 0) is 36.2 Å². The van der Waals surface area contributed by atoms with Crippen molar-refractivity contribution in [3.05, 3.63) is 90.0 Å². The van der Waals surface area contributed by atoms with Crippen LogP contribution in [0, 0.1) is 12.7 Å². The summed E-state index contributed by atoms with van der Waals surface area (Å²) in [6.07, 6.45) is 3.57. The number of fused-ring (bicyclic) bond motifs is 1. The Balaban J connectivity index is 1.59. The van der Waals surface area contributed by atoms with Crippen LogP contribution < -0.4 is 5.73 Å². The quantitative estimate of drug-likeness (QED) is 0.489. The van der Waals surface area contributed by atoms with Gasteiger partial charge in [0, 0.05) is 22.9 Å². The largest absolute Gasteiger partial charge is 0.366 e. The van der Waals surface area contributed by atoms with Crippen LogP contribution in [0.15, 0.2) is 73.1 Å². The molecule has 2 N–H and O–H groups in total. The molecule has 0 atom stereocenters. The van der Waals surface area contributed by atoms with E-state index in [1.807, 2.05) is 60.3 Å². The maximum atomic E-state index is 15.7. The van der Waals surface area contributed by atoms with Gasteiger partial charge < -0.3 is 5.73 Å². The minimum absolute atomic E-state index is 0.150. The van der Waals surface area contributed by atoms with Gasteiger partial charge in [-0.15, -0.1) is 5.10 Å². The normalized spacial score (nSPS) is 11.3. The van der Waals surface area contributed by atoms with Gasteiger partial charge in [-0.3, -0.25) is 4.68 Å². The number of aromatic nitrogens is 5. The number of halogens is 1. The highest BCUT2D eigenvalue weighted by atomic mass is 19.1. The van der Waals surface area contributed by atoms with E-state index in [0.29, 0.717) is 29.0 Å². The third-order valence-electron chi connectivity index (χ3n) is 5.11. The average Bonchev–Trinajstić information content (AvgIpc) is 3.34. The molecular weight excluding hydrogens is 379 g/mol. The molecule has 3 aromatic heterocycles. The van der Waals surface area contributed by atoms with Gasteiger partial charge in [0.05, 0.1) is 18.4 Å². The van der Waals surface area contributed by atoms with Gasteiger partial charge in [0.1, 0.15) is 5.82 Å². The fraction of sp³-hybridized carbons (Fsp3) is 0.0870. The average molecular weight is 398 g/mol. The molecule has 6 nitrogen and oxygen atoms in total. The Bertz CT molecular complexity index is 1350. The summed E-state index contributed by atoms with van der Waals surface area (Å²) in [4.78, 5) is 4.16. The number of benzene rings is 2. The number of hydrogen-bond donors (Lipinski definition) is 1. The lowest BCUT2D eigenvalue weighted by molar-refractivity contribution is 0.632. The SMILES string of the molecule is Cc1ccc(-c2cccc3nc(N)nn23)c(F)c1-c1cnn(Cc2ccccc2)c1. The van der Waals surface area contributed by atoms with Gasteiger partial charge in [0.2, 0.25) is 5.95 Å².